The van der Waals surface area contributed by atoms with Gasteiger partial charge in [-0.15, -0.1) is 5.10 Å². The first kappa shape index (κ1) is 19.8. The summed E-state index contributed by atoms with van der Waals surface area (Å²) in [5.41, 5.74) is 2.35. The van der Waals surface area contributed by atoms with Gasteiger partial charge in [0.25, 0.3) is 0 Å². The quantitative estimate of drug-likeness (QED) is 0.456. The highest BCUT2D eigenvalue weighted by molar-refractivity contribution is 7.22. The summed E-state index contributed by atoms with van der Waals surface area (Å²) in [5.74, 6) is 0.983. The van der Waals surface area contributed by atoms with Gasteiger partial charge < -0.3 is 4.90 Å². The molecule has 3 heterocycles. The molecule has 1 saturated heterocycles. The second-order valence-electron chi connectivity index (χ2n) is 8.72. The van der Waals surface area contributed by atoms with Gasteiger partial charge in [-0.1, -0.05) is 66.6 Å². The molecule has 1 aliphatic carbocycles. The van der Waals surface area contributed by atoms with Crippen LogP contribution >= 0.6 is 11.3 Å². The van der Waals surface area contributed by atoms with Crippen molar-refractivity contribution in [1.29, 1.82) is 0 Å². The standard InChI is InChI=1S/C24H27N7S/c1-2-8-18(9-3-1)22(23-26-27-28-31(23)19-10-4-5-11-19)29-14-16-30(17-15-29)24-25-20-12-6-7-13-21(20)32-24/h1-3,6-9,12-13,19,22H,4-5,10-11,14-17H2/t22-/m0/s1. The number of nitrogens with zero attached hydrogens (tertiary/aromatic N) is 7. The maximum Gasteiger partial charge on any atom is 0.186 e. The van der Waals surface area contributed by atoms with Crippen molar-refractivity contribution in [2.24, 2.45) is 0 Å². The molecule has 8 heteroatoms. The average Bonchev–Trinajstić information content (AvgIpc) is 3.60. The molecule has 32 heavy (non-hydrogen) atoms. The van der Waals surface area contributed by atoms with E-state index in [1.54, 1.807) is 11.3 Å². The fraction of sp³-hybridized carbons (Fsp3) is 0.417. The highest BCUT2D eigenvalue weighted by Gasteiger charge is 2.33. The Labute approximate surface area is 191 Å². The molecule has 1 aliphatic heterocycles. The van der Waals surface area contributed by atoms with Crippen LogP contribution in [0.3, 0.4) is 0 Å². The van der Waals surface area contributed by atoms with Gasteiger partial charge in [0.05, 0.1) is 22.3 Å². The van der Waals surface area contributed by atoms with Gasteiger partial charge in [0.2, 0.25) is 0 Å². The molecule has 0 bridgehead atoms. The van der Waals surface area contributed by atoms with E-state index in [-0.39, 0.29) is 6.04 Å². The van der Waals surface area contributed by atoms with E-state index in [0.29, 0.717) is 6.04 Å². The summed E-state index contributed by atoms with van der Waals surface area (Å²) in [4.78, 5) is 9.83. The third-order valence-electron chi connectivity index (χ3n) is 6.78. The Balaban J connectivity index is 1.27. The normalized spacial score (nSPS) is 19.1. The van der Waals surface area contributed by atoms with E-state index in [0.717, 1.165) is 42.7 Å². The number of piperazine rings is 1. The van der Waals surface area contributed by atoms with Crippen LogP contribution in [0.5, 0.6) is 0 Å². The smallest absolute Gasteiger partial charge is 0.186 e. The molecule has 2 aliphatic rings. The summed E-state index contributed by atoms with van der Waals surface area (Å²) in [5, 5.41) is 14.2. The molecule has 0 N–H and O–H groups in total. The van der Waals surface area contributed by atoms with Crippen LogP contribution in [0.25, 0.3) is 10.2 Å². The van der Waals surface area contributed by atoms with Gasteiger partial charge in [-0.2, -0.15) is 0 Å². The fourth-order valence-corrected chi connectivity index (χ4v) is 6.13. The number of benzene rings is 2. The predicted molar refractivity (Wildman–Crippen MR) is 127 cm³/mol. The van der Waals surface area contributed by atoms with Crippen LogP contribution in [0.15, 0.2) is 54.6 Å². The van der Waals surface area contributed by atoms with E-state index in [2.05, 4.69) is 84.6 Å². The number of tetrazole rings is 1. The Morgan fingerprint density at radius 2 is 1.62 bits per heavy atom. The minimum Gasteiger partial charge on any atom is -0.345 e. The van der Waals surface area contributed by atoms with Crippen LogP contribution < -0.4 is 4.90 Å². The second-order valence-corrected chi connectivity index (χ2v) is 9.73. The van der Waals surface area contributed by atoms with E-state index in [9.17, 15) is 0 Å². The van der Waals surface area contributed by atoms with Gasteiger partial charge in [-0.05, 0) is 41.0 Å². The monoisotopic (exact) mass is 445 g/mol. The van der Waals surface area contributed by atoms with Crippen molar-refractivity contribution in [3.63, 3.8) is 0 Å². The number of aromatic nitrogens is 5. The molecule has 1 saturated carbocycles. The number of thiazole rings is 1. The SMILES string of the molecule is c1ccc([C@@H](c2nnnn2C2CCCC2)N2CCN(c3nc4ccccc4s3)CC2)cc1. The van der Waals surface area contributed by atoms with E-state index in [1.807, 2.05) is 0 Å². The lowest BCUT2D eigenvalue weighted by molar-refractivity contribution is 0.197. The first-order valence-corrected chi connectivity index (χ1v) is 12.4. The maximum atomic E-state index is 4.87. The lowest BCUT2D eigenvalue weighted by atomic mass is 10.0. The molecule has 1 atom stereocenters. The topological polar surface area (TPSA) is 63.0 Å². The summed E-state index contributed by atoms with van der Waals surface area (Å²) < 4.78 is 3.37. The molecule has 4 aromatic rings. The van der Waals surface area contributed by atoms with Crippen molar-refractivity contribution in [3.8, 4) is 0 Å². The van der Waals surface area contributed by atoms with Crippen molar-refractivity contribution < 1.29 is 0 Å². The second kappa shape index (κ2) is 8.60. The summed E-state index contributed by atoms with van der Waals surface area (Å²) in [6, 6.07) is 19.6. The van der Waals surface area contributed by atoms with Crippen LogP contribution in [-0.2, 0) is 0 Å². The number of anilines is 1. The van der Waals surface area contributed by atoms with Crippen LogP contribution in [-0.4, -0.2) is 56.3 Å². The fourth-order valence-electron chi connectivity index (χ4n) is 5.11. The van der Waals surface area contributed by atoms with Crippen LogP contribution in [0.4, 0.5) is 5.13 Å². The van der Waals surface area contributed by atoms with Crippen LogP contribution in [0.2, 0.25) is 0 Å². The lowest BCUT2D eigenvalue weighted by Gasteiger charge is -2.39. The number of hydrogen-bond donors (Lipinski definition) is 0. The average molecular weight is 446 g/mol. The summed E-state index contributed by atoms with van der Waals surface area (Å²) in [7, 11) is 0. The molecule has 164 valence electrons. The van der Waals surface area contributed by atoms with Gasteiger partial charge >= 0.3 is 0 Å². The van der Waals surface area contributed by atoms with E-state index < -0.39 is 0 Å². The molecular formula is C24H27N7S. The first-order valence-electron chi connectivity index (χ1n) is 11.5. The van der Waals surface area contributed by atoms with Gasteiger partial charge in [0.15, 0.2) is 11.0 Å². The third-order valence-corrected chi connectivity index (χ3v) is 7.88. The van der Waals surface area contributed by atoms with E-state index >= 15 is 0 Å². The van der Waals surface area contributed by atoms with Crippen LogP contribution in [0, 0.1) is 0 Å². The molecular weight excluding hydrogens is 418 g/mol. The van der Waals surface area contributed by atoms with Crippen molar-refractivity contribution >= 4 is 26.7 Å². The van der Waals surface area contributed by atoms with Crippen molar-refractivity contribution in [2.45, 2.75) is 37.8 Å². The Morgan fingerprint density at radius 3 is 2.41 bits per heavy atom. The van der Waals surface area contributed by atoms with Gasteiger partial charge in [-0.25, -0.2) is 9.67 Å². The first-order chi connectivity index (χ1) is 15.9. The Morgan fingerprint density at radius 1 is 0.875 bits per heavy atom. The molecule has 0 amide bonds. The predicted octanol–water partition coefficient (Wildman–Crippen LogP) is 4.31. The summed E-state index contributed by atoms with van der Waals surface area (Å²) >= 11 is 1.79. The van der Waals surface area contributed by atoms with E-state index in [4.69, 9.17) is 4.98 Å². The van der Waals surface area contributed by atoms with Crippen molar-refractivity contribution in [1.82, 2.24) is 30.1 Å². The maximum absolute atomic E-state index is 4.87. The van der Waals surface area contributed by atoms with E-state index in [1.165, 1.54) is 35.9 Å². The zero-order chi connectivity index (χ0) is 21.3. The lowest BCUT2D eigenvalue weighted by Crippen LogP contribution is -2.48. The molecule has 7 nitrogen and oxygen atoms in total. The molecule has 0 radical (unpaired) electrons. The Hall–Kier alpha value is -2.84. The largest absolute Gasteiger partial charge is 0.345 e. The zero-order valence-corrected chi connectivity index (χ0v) is 18.9. The zero-order valence-electron chi connectivity index (χ0n) is 18.0. The minimum absolute atomic E-state index is 0.0734. The van der Waals surface area contributed by atoms with Gasteiger partial charge in [-0.3, -0.25) is 4.90 Å². The van der Waals surface area contributed by atoms with Crippen molar-refractivity contribution in [2.75, 3.05) is 31.1 Å². The molecule has 6 rings (SSSR count). The van der Waals surface area contributed by atoms with Crippen LogP contribution in [0.1, 0.15) is 49.2 Å². The summed E-state index contributed by atoms with van der Waals surface area (Å²) in [6.07, 6.45) is 4.87. The number of hydrogen-bond acceptors (Lipinski definition) is 7. The molecule has 0 spiro atoms. The Bertz CT molecular complexity index is 1140. The highest BCUT2D eigenvalue weighted by atomic mass is 32.1. The number of para-hydroxylation sites is 1. The number of rotatable bonds is 5. The molecule has 0 unspecified atom stereocenters. The third kappa shape index (κ3) is 3.67. The van der Waals surface area contributed by atoms with Gasteiger partial charge in [0, 0.05) is 26.2 Å². The molecule has 2 fully saturated rings. The molecule has 2 aromatic heterocycles. The minimum atomic E-state index is 0.0734. The Kier molecular flexibility index (Phi) is 5.32. The summed E-state index contributed by atoms with van der Waals surface area (Å²) in [6.45, 7) is 3.81. The highest BCUT2D eigenvalue weighted by Crippen LogP contribution is 2.35. The van der Waals surface area contributed by atoms with Crippen molar-refractivity contribution in [3.05, 3.63) is 66.0 Å². The van der Waals surface area contributed by atoms with Gasteiger partial charge in [0.1, 0.15) is 0 Å². The molecule has 2 aromatic carbocycles. The number of fused-ring (bicyclic) bond motifs is 1.